The molecule has 0 aliphatic heterocycles. The summed E-state index contributed by atoms with van der Waals surface area (Å²) in [5.74, 6) is -0.420. The van der Waals surface area contributed by atoms with E-state index < -0.39 is 10.8 Å². The number of nitro benzene ring substituents is 1. The molecule has 0 heterocycles. The zero-order valence-corrected chi connectivity index (χ0v) is 13.3. The van der Waals surface area contributed by atoms with E-state index in [1.54, 1.807) is 0 Å². The minimum atomic E-state index is -0.607. The number of carbonyl (C=O) groups excluding carboxylic acids is 1. The van der Waals surface area contributed by atoms with E-state index in [1.807, 2.05) is 24.3 Å². The van der Waals surface area contributed by atoms with Gasteiger partial charge in [-0.15, -0.1) is 0 Å². The molecule has 0 bridgehead atoms. The number of nitro groups is 1. The van der Waals surface area contributed by atoms with Gasteiger partial charge in [-0.2, -0.15) is 0 Å². The SMILES string of the molecule is CC(C)(C)c1ccc(NC(=O)c2ccc(N)c([N+](=O)[O-])c2)cc1. The van der Waals surface area contributed by atoms with E-state index in [4.69, 9.17) is 5.73 Å². The maximum absolute atomic E-state index is 12.2. The number of nitrogens with two attached hydrogens (primary N) is 1. The second-order valence-corrected chi connectivity index (χ2v) is 6.31. The molecule has 2 rings (SSSR count). The lowest BCUT2D eigenvalue weighted by Gasteiger charge is -2.19. The van der Waals surface area contributed by atoms with E-state index in [9.17, 15) is 14.9 Å². The Labute approximate surface area is 134 Å². The molecule has 0 radical (unpaired) electrons. The topological polar surface area (TPSA) is 98.3 Å². The van der Waals surface area contributed by atoms with Crippen LogP contribution in [0.1, 0.15) is 36.7 Å². The van der Waals surface area contributed by atoms with Crippen LogP contribution >= 0.6 is 0 Å². The van der Waals surface area contributed by atoms with Crippen molar-refractivity contribution in [2.45, 2.75) is 26.2 Å². The van der Waals surface area contributed by atoms with Gasteiger partial charge in [-0.1, -0.05) is 32.9 Å². The average molecular weight is 313 g/mol. The number of nitrogens with zero attached hydrogens (tertiary/aromatic N) is 1. The monoisotopic (exact) mass is 313 g/mol. The molecule has 0 unspecified atom stereocenters. The van der Waals surface area contributed by atoms with Gasteiger partial charge in [0, 0.05) is 17.3 Å². The van der Waals surface area contributed by atoms with Crippen LogP contribution in [0, 0.1) is 10.1 Å². The first-order valence-electron chi connectivity index (χ1n) is 7.14. The highest BCUT2D eigenvalue weighted by molar-refractivity contribution is 6.05. The number of hydrogen-bond acceptors (Lipinski definition) is 4. The molecule has 0 aliphatic carbocycles. The third-order valence-electron chi connectivity index (χ3n) is 3.50. The predicted octanol–water partition coefficient (Wildman–Crippen LogP) is 3.73. The summed E-state index contributed by atoms with van der Waals surface area (Å²) in [5, 5.41) is 13.6. The van der Waals surface area contributed by atoms with E-state index in [0.29, 0.717) is 5.69 Å². The smallest absolute Gasteiger partial charge is 0.292 e. The molecular weight excluding hydrogens is 294 g/mol. The van der Waals surface area contributed by atoms with Crippen LogP contribution < -0.4 is 11.1 Å². The third kappa shape index (κ3) is 3.85. The maximum Gasteiger partial charge on any atom is 0.292 e. The van der Waals surface area contributed by atoms with Crippen LogP contribution in [0.3, 0.4) is 0 Å². The van der Waals surface area contributed by atoms with Crippen molar-refractivity contribution in [1.82, 2.24) is 0 Å². The lowest BCUT2D eigenvalue weighted by molar-refractivity contribution is -0.383. The number of benzene rings is 2. The third-order valence-corrected chi connectivity index (χ3v) is 3.50. The number of anilines is 2. The zero-order chi connectivity index (χ0) is 17.2. The van der Waals surface area contributed by atoms with Gasteiger partial charge in [0.1, 0.15) is 5.69 Å². The second-order valence-electron chi connectivity index (χ2n) is 6.31. The number of hydrogen-bond donors (Lipinski definition) is 2. The van der Waals surface area contributed by atoms with E-state index >= 15 is 0 Å². The molecule has 2 aromatic rings. The van der Waals surface area contributed by atoms with Crippen LogP contribution in [0.2, 0.25) is 0 Å². The van der Waals surface area contributed by atoms with Gasteiger partial charge in [0.05, 0.1) is 4.92 Å². The highest BCUT2D eigenvalue weighted by Gasteiger charge is 2.16. The van der Waals surface area contributed by atoms with Crippen molar-refractivity contribution >= 4 is 23.0 Å². The highest BCUT2D eigenvalue weighted by atomic mass is 16.6. The van der Waals surface area contributed by atoms with Gasteiger partial charge in [0.2, 0.25) is 0 Å². The molecule has 0 spiro atoms. The van der Waals surface area contributed by atoms with Crippen molar-refractivity contribution in [2.75, 3.05) is 11.1 Å². The summed E-state index contributed by atoms with van der Waals surface area (Å²) >= 11 is 0. The summed E-state index contributed by atoms with van der Waals surface area (Å²) < 4.78 is 0. The molecule has 0 aromatic heterocycles. The van der Waals surface area contributed by atoms with E-state index in [2.05, 4.69) is 26.1 Å². The lowest BCUT2D eigenvalue weighted by atomic mass is 9.87. The first kappa shape index (κ1) is 16.5. The van der Waals surface area contributed by atoms with Gasteiger partial charge in [0.15, 0.2) is 0 Å². The summed E-state index contributed by atoms with van der Waals surface area (Å²) in [5.41, 5.74) is 7.27. The number of nitrogens with one attached hydrogen (secondary N) is 1. The van der Waals surface area contributed by atoms with Crippen LogP contribution in [-0.2, 0) is 5.41 Å². The van der Waals surface area contributed by atoms with Gasteiger partial charge in [0.25, 0.3) is 11.6 Å². The molecule has 0 aliphatic rings. The molecular formula is C17H19N3O3. The Balaban J connectivity index is 2.19. The fraction of sp³-hybridized carbons (Fsp3) is 0.235. The Morgan fingerprint density at radius 1 is 1.13 bits per heavy atom. The summed E-state index contributed by atoms with van der Waals surface area (Å²) in [6.07, 6.45) is 0. The number of rotatable bonds is 3. The molecule has 1 amide bonds. The van der Waals surface area contributed by atoms with Gasteiger partial charge >= 0.3 is 0 Å². The van der Waals surface area contributed by atoms with Crippen LogP contribution in [0.5, 0.6) is 0 Å². The van der Waals surface area contributed by atoms with Crippen molar-refractivity contribution in [3.63, 3.8) is 0 Å². The van der Waals surface area contributed by atoms with Gasteiger partial charge in [-0.25, -0.2) is 0 Å². The maximum atomic E-state index is 12.2. The van der Waals surface area contributed by atoms with Crippen molar-refractivity contribution in [1.29, 1.82) is 0 Å². The Hall–Kier alpha value is -2.89. The van der Waals surface area contributed by atoms with Crippen molar-refractivity contribution in [3.8, 4) is 0 Å². The Morgan fingerprint density at radius 3 is 2.26 bits per heavy atom. The van der Waals surface area contributed by atoms with Gasteiger partial charge < -0.3 is 11.1 Å². The fourth-order valence-corrected chi connectivity index (χ4v) is 2.10. The van der Waals surface area contributed by atoms with Crippen molar-refractivity contribution in [2.24, 2.45) is 0 Å². The molecule has 0 saturated carbocycles. The summed E-state index contributed by atoms with van der Waals surface area (Å²) in [7, 11) is 0. The van der Waals surface area contributed by atoms with Crippen molar-refractivity contribution in [3.05, 3.63) is 63.7 Å². The Kier molecular flexibility index (Phi) is 4.36. The normalized spacial score (nSPS) is 11.1. The van der Waals surface area contributed by atoms with E-state index in [-0.39, 0.29) is 22.4 Å². The standard InChI is InChI=1S/C17H19N3O3/c1-17(2,3)12-5-7-13(8-6-12)19-16(21)11-4-9-14(18)15(10-11)20(22)23/h4-10H,18H2,1-3H3,(H,19,21). The zero-order valence-electron chi connectivity index (χ0n) is 13.3. The van der Waals surface area contributed by atoms with Crippen LogP contribution in [0.15, 0.2) is 42.5 Å². The average Bonchev–Trinajstić information content (AvgIpc) is 2.47. The van der Waals surface area contributed by atoms with E-state index in [0.717, 1.165) is 5.56 Å². The molecule has 0 fully saturated rings. The largest absolute Gasteiger partial charge is 0.393 e. The minimum absolute atomic E-state index is 0.0279. The van der Waals surface area contributed by atoms with E-state index in [1.165, 1.54) is 18.2 Å². The van der Waals surface area contributed by atoms with Crippen LogP contribution in [0.25, 0.3) is 0 Å². The number of nitrogen functional groups attached to an aromatic ring is 1. The lowest BCUT2D eigenvalue weighted by Crippen LogP contribution is -2.14. The second kappa shape index (κ2) is 6.08. The molecule has 23 heavy (non-hydrogen) atoms. The van der Waals surface area contributed by atoms with Gasteiger partial charge in [-0.05, 0) is 35.2 Å². The van der Waals surface area contributed by atoms with Gasteiger partial charge in [-0.3, -0.25) is 14.9 Å². The van der Waals surface area contributed by atoms with Crippen LogP contribution in [0.4, 0.5) is 17.1 Å². The number of amides is 1. The quantitative estimate of drug-likeness (QED) is 0.512. The molecule has 6 heteroatoms. The summed E-state index contributed by atoms with van der Waals surface area (Å²) in [4.78, 5) is 22.5. The predicted molar refractivity (Wildman–Crippen MR) is 90.6 cm³/mol. The molecule has 2 aromatic carbocycles. The first-order valence-corrected chi connectivity index (χ1v) is 7.14. The Morgan fingerprint density at radius 2 is 1.74 bits per heavy atom. The summed E-state index contributed by atoms with van der Waals surface area (Å²) in [6.45, 7) is 6.32. The molecule has 6 nitrogen and oxygen atoms in total. The van der Waals surface area contributed by atoms with Crippen molar-refractivity contribution < 1.29 is 9.72 Å². The van der Waals surface area contributed by atoms with Crippen LogP contribution in [-0.4, -0.2) is 10.8 Å². The molecule has 120 valence electrons. The molecule has 0 atom stereocenters. The fourth-order valence-electron chi connectivity index (χ4n) is 2.10. The summed E-state index contributed by atoms with van der Waals surface area (Å²) in [6, 6.07) is 11.5. The highest BCUT2D eigenvalue weighted by Crippen LogP contribution is 2.25. The number of carbonyl (C=O) groups is 1. The minimum Gasteiger partial charge on any atom is -0.393 e. The Bertz CT molecular complexity index is 747. The molecule has 3 N–H and O–H groups in total. The molecule has 0 saturated heterocycles. The first-order chi connectivity index (χ1) is 10.7.